The van der Waals surface area contributed by atoms with Gasteiger partial charge in [0.25, 0.3) is 0 Å². The molecule has 0 aliphatic heterocycles. The van der Waals surface area contributed by atoms with Crippen molar-refractivity contribution < 1.29 is 13.2 Å². The quantitative estimate of drug-likeness (QED) is 0.134. The van der Waals surface area contributed by atoms with Gasteiger partial charge in [-0.15, -0.1) is 11.3 Å². The highest BCUT2D eigenvalue weighted by Crippen LogP contribution is 2.15. The third kappa shape index (κ3) is 19.1. The van der Waals surface area contributed by atoms with E-state index in [2.05, 4.69) is 16.6 Å². The fourth-order valence-corrected chi connectivity index (χ4v) is 6.77. The molecule has 1 unspecified atom stereocenters. The highest BCUT2D eigenvalue weighted by Gasteiger charge is 2.14. The van der Waals surface area contributed by atoms with Gasteiger partial charge in [0, 0.05) is 37.4 Å². The topological polar surface area (TPSA) is 68.3 Å². The van der Waals surface area contributed by atoms with Crippen LogP contribution in [0.3, 0.4) is 0 Å². The smallest absolute Gasteiger partial charge is 0.211 e. The Bertz CT molecular complexity index is 654. The zero-order chi connectivity index (χ0) is 24.7. The molecule has 1 heterocycles. The summed E-state index contributed by atoms with van der Waals surface area (Å²) in [5, 5.41) is 2.91. The Hall–Kier alpha value is -0.150. The summed E-state index contributed by atoms with van der Waals surface area (Å²) < 4.78 is 32.6. The maximum atomic E-state index is 12.2. The highest BCUT2D eigenvalue weighted by atomic mass is 32.2. The van der Waals surface area contributed by atoms with Gasteiger partial charge in [0.2, 0.25) is 10.0 Å². The first-order chi connectivity index (χ1) is 16.6. The molecule has 0 saturated carbocycles. The molecule has 0 spiro atoms. The first-order valence-electron chi connectivity index (χ1n) is 13.5. The lowest BCUT2D eigenvalue weighted by Crippen LogP contribution is -2.36. The van der Waals surface area contributed by atoms with Gasteiger partial charge in [0.1, 0.15) is 0 Å². The van der Waals surface area contributed by atoms with Gasteiger partial charge in [-0.05, 0) is 18.6 Å². The SMILES string of the molecule is CCCCCCCCCCCCCCCCSCC(CNS(=O)(=O)CCCc1nccs1)OC. The van der Waals surface area contributed by atoms with E-state index in [0.29, 0.717) is 19.4 Å². The summed E-state index contributed by atoms with van der Waals surface area (Å²) in [5.41, 5.74) is 0. The molecule has 0 radical (unpaired) electrons. The first-order valence-corrected chi connectivity index (χ1v) is 17.2. The van der Waals surface area contributed by atoms with Crippen LogP contribution in [0.1, 0.15) is 108 Å². The summed E-state index contributed by atoms with van der Waals surface area (Å²) in [6.45, 7) is 2.63. The van der Waals surface area contributed by atoms with Gasteiger partial charge in [-0.25, -0.2) is 18.1 Å². The molecule has 0 fully saturated rings. The van der Waals surface area contributed by atoms with E-state index < -0.39 is 10.0 Å². The monoisotopic (exact) mass is 534 g/mol. The summed E-state index contributed by atoms with van der Waals surface area (Å²) in [4.78, 5) is 4.20. The first kappa shape index (κ1) is 31.9. The fraction of sp³-hybridized carbons (Fsp3) is 0.885. The molecule has 0 saturated heterocycles. The Kier molecular flexibility index (Phi) is 20.7. The number of rotatable bonds is 25. The number of hydrogen-bond acceptors (Lipinski definition) is 6. The van der Waals surface area contributed by atoms with Crippen molar-refractivity contribution in [1.29, 1.82) is 0 Å². The van der Waals surface area contributed by atoms with Gasteiger partial charge in [-0.1, -0.05) is 90.4 Å². The van der Waals surface area contributed by atoms with Crippen LogP contribution in [-0.2, 0) is 21.2 Å². The second-order valence-corrected chi connectivity index (χ2v) is 13.3. The number of nitrogens with one attached hydrogen (secondary N) is 1. The van der Waals surface area contributed by atoms with Crippen LogP contribution in [0, 0.1) is 0 Å². The van der Waals surface area contributed by atoms with Crippen molar-refractivity contribution in [3.8, 4) is 0 Å². The van der Waals surface area contributed by atoms with Crippen molar-refractivity contribution in [2.75, 3.05) is 30.9 Å². The predicted octanol–water partition coefficient (Wildman–Crippen LogP) is 7.22. The molecule has 1 rings (SSSR count). The molecule has 1 aromatic heterocycles. The Morgan fingerprint density at radius 3 is 2.06 bits per heavy atom. The van der Waals surface area contributed by atoms with Crippen LogP contribution in [0.5, 0.6) is 0 Å². The van der Waals surface area contributed by atoms with E-state index in [1.165, 1.54) is 89.9 Å². The maximum Gasteiger partial charge on any atom is 0.211 e. The standard InChI is InChI=1S/C26H50N2O3S3/c1-3-4-5-6-7-8-9-10-11-12-13-14-15-16-20-32-24-25(31-2)23-28-34(29,30)22-17-18-26-27-19-21-33-26/h19,21,25,28H,3-18,20,22-24H2,1-2H3. The molecule has 200 valence electrons. The number of thioether (sulfide) groups is 1. The highest BCUT2D eigenvalue weighted by molar-refractivity contribution is 7.99. The molecule has 0 aromatic carbocycles. The average Bonchev–Trinajstić information content (AvgIpc) is 3.34. The molecule has 0 aliphatic carbocycles. The number of aryl methyl sites for hydroxylation is 1. The molecule has 5 nitrogen and oxygen atoms in total. The van der Waals surface area contributed by atoms with Crippen molar-refractivity contribution in [3.05, 3.63) is 16.6 Å². The van der Waals surface area contributed by atoms with Crippen LogP contribution in [0.4, 0.5) is 0 Å². The van der Waals surface area contributed by atoms with Crippen LogP contribution in [0.25, 0.3) is 0 Å². The van der Waals surface area contributed by atoms with Crippen LogP contribution >= 0.6 is 23.1 Å². The van der Waals surface area contributed by atoms with Gasteiger partial charge >= 0.3 is 0 Å². The van der Waals surface area contributed by atoms with E-state index in [9.17, 15) is 8.42 Å². The Labute approximate surface area is 218 Å². The molecular formula is C26H50N2O3S3. The van der Waals surface area contributed by atoms with Gasteiger partial charge < -0.3 is 4.74 Å². The van der Waals surface area contributed by atoms with Crippen molar-refractivity contribution in [2.24, 2.45) is 0 Å². The zero-order valence-electron chi connectivity index (χ0n) is 21.8. The molecular weight excluding hydrogens is 484 g/mol. The van der Waals surface area contributed by atoms with E-state index in [-0.39, 0.29) is 11.9 Å². The lowest BCUT2D eigenvalue weighted by molar-refractivity contribution is 0.126. The lowest BCUT2D eigenvalue weighted by Gasteiger charge is -2.16. The number of nitrogens with zero attached hydrogens (tertiary/aromatic N) is 1. The lowest BCUT2D eigenvalue weighted by atomic mass is 10.0. The number of sulfonamides is 1. The summed E-state index contributed by atoms with van der Waals surface area (Å²) in [6, 6.07) is 0. The van der Waals surface area contributed by atoms with E-state index >= 15 is 0 Å². The van der Waals surface area contributed by atoms with E-state index in [4.69, 9.17) is 4.74 Å². The van der Waals surface area contributed by atoms with Crippen LogP contribution in [0.15, 0.2) is 11.6 Å². The van der Waals surface area contributed by atoms with Gasteiger partial charge in [-0.3, -0.25) is 0 Å². The largest absolute Gasteiger partial charge is 0.379 e. The predicted molar refractivity (Wildman–Crippen MR) is 151 cm³/mol. The Balaban J connectivity index is 1.90. The molecule has 1 atom stereocenters. The Morgan fingerprint density at radius 1 is 0.941 bits per heavy atom. The molecule has 0 bridgehead atoms. The average molecular weight is 535 g/mol. The summed E-state index contributed by atoms with van der Waals surface area (Å²) in [5.74, 6) is 2.09. The molecule has 34 heavy (non-hydrogen) atoms. The zero-order valence-corrected chi connectivity index (χ0v) is 24.2. The molecule has 0 aliphatic rings. The summed E-state index contributed by atoms with van der Waals surface area (Å²) in [6.07, 6.45) is 22.3. The Morgan fingerprint density at radius 2 is 1.53 bits per heavy atom. The molecule has 0 amide bonds. The number of thiazole rings is 1. The van der Waals surface area contributed by atoms with Crippen molar-refractivity contribution in [2.45, 2.75) is 116 Å². The molecule has 1 N–H and O–H groups in total. The number of ether oxygens (including phenoxy) is 1. The number of hydrogen-bond donors (Lipinski definition) is 1. The van der Waals surface area contributed by atoms with E-state index in [1.807, 2.05) is 17.1 Å². The second-order valence-electron chi connectivity index (χ2n) is 9.23. The molecule has 8 heteroatoms. The third-order valence-corrected chi connectivity index (χ3v) is 9.55. The summed E-state index contributed by atoms with van der Waals surface area (Å²) >= 11 is 3.44. The minimum atomic E-state index is -3.26. The van der Waals surface area contributed by atoms with Crippen LogP contribution in [0.2, 0.25) is 0 Å². The minimum absolute atomic E-state index is 0.0783. The van der Waals surface area contributed by atoms with Crippen molar-refractivity contribution in [3.63, 3.8) is 0 Å². The van der Waals surface area contributed by atoms with Crippen molar-refractivity contribution >= 4 is 33.1 Å². The number of unbranched alkanes of at least 4 members (excludes halogenated alkanes) is 13. The second kappa shape index (κ2) is 22.1. The van der Waals surface area contributed by atoms with Gasteiger partial charge in [0.05, 0.1) is 16.9 Å². The minimum Gasteiger partial charge on any atom is -0.379 e. The third-order valence-electron chi connectivity index (χ3n) is 6.10. The number of aromatic nitrogens is 1. The maximum absolute atomic E-state index is 12.2. The molecule has 1 aromatic rings. The van der Waals surface area contributed by atoms with Crippen LogP contribution in [-0.4, -0.2) is 50.4 Å². The summed E-state index contributed by atoms with van der Waals surface area (Å²) in [7, 11) is -1.60. The van der Waals surface area contributed by atoms with Crippen LogP contribution < -0.4 is 4.72 Å². The van der Waals surface area contributed by atoms with Gasteiger partial charge in [0.15, 0.2) is 0 Å². The normalized spacial score (nSPS) is 12.9. The van der Waals surface area contributed by atoms with Gasteiger partial charge in [-0.2, -0.15) is 11.8 Å². The fourth-order valence-electron chi connectivity index (χ4n) is 3.91. The number of methoxy groups -OCH3 is 1. The van der Waals surface area contributed by atoms with E-state index in [1.54, 1.807) is 24.6 Å². The van der Waals surface area contributed by atoms with Crippen molar-refractivity contribution in [1.82, 2.24) is 9.71 Å². The van der Waals surface area contributed by atoms with E-state index in [0.717, 1.165) is 16.5 Å².